The molecule has 1 aromatic carbocycles. The maximum absolute atomic E-state index is 6.03. The second kappa shape index (κ2) is 4.87. The summed E-state index contributed by atoms with van der Waals surface area (Å²) >= 11 is 7.68. The molecule has 0 saturated heterocycles. The third-order valence-corrected chi connectivity index (χ3v) is 4.20. The number of rotatable bonds is 3. The quantitative estimate of drug-likeness (QED) is 0.780. The first-order valence-corrected chi connectivity index (χ1v) is 7.32. The highest BCUT2D eigenvalue weighted by molar-refractivity contribution is 7.15. The van der Waals surface area contributed by atoms with Crippen molar-refractivity contribution in [2.45, 2.75) is 20.4 Å². The third kappa shape index (κ3) is 2.33. The summed E-state index contributed by atoms with van der Waals surface area (Å²) in [7, 11) is 0. The molecule has 0 radical (unpaired) electrons. The highest BCUT2D eigenvalue weighted by Crippen LogP contribution is 2.22. The van der Waals surface area contributed by atoms with Crippen molar-refractivity contribution in [2.24, 2.45) is 0 Å². The molecule has 3 aromatic rings. The molecule has 2 aromatic heterocycles. The van der Waals surface area contributed by atoms with Crippen LogP contribution in [0.2, 0.25) is 5.02 Å². The zero-order valence-corrected chi connectivity index (χ0v) is 12.3. The van der Waals surface area contributed by atoms with Crippen LogP contribution in [-0.2, 0) is 6.54 Å². The molecule has 0 fully saturated rings. The first-order valence-electron chi connectivity index (χ1n) is 6.06. The lowest BCUT2D eigenvalue weighted by Gasteiger charge is -2.10. The average molecular weight is 292 g/mol. The second-order valence-corrected chi connectivity index (χ2v) is 5.82. The molecule has 0 saturated carbocycles. The van der Waals surface area contributed by atoms with Crippen LogP contribution in [0.25, 0.3) is 4.96 Å². The van der Waals surface area contributed by atoms with Crippen molar-refractivity contribution < 1.29 is 0 Å². The number of fused-ring (bicyclic) bond motifs is 1. The van der Waals surface area contributed by atoms with Crippen molar-refractivity contribution >= 4 is 33.6 Å². The maximum Gasteiger partial charge on any atom is 0.194 e. The lowest BCUT2D eigenvalue weighted by atomic mass is 10.2. The summed E-state index contributed by atoms with van der Waals surface area (Å²) in [5.41, 5.74) is 4.51. The Kier molecular flexibility index (Phi) is 3.21. The van der Waals surface area contributed by atoms with Crippen molar-refractivity contribution in [3.8, 4) is 0 Å². The van der Waals surface area contributed by atoms with Crippen molar-refractivity contribution in [3.63, 3.8) is 0 Å². The van der Waals surface area contributed by atoms with Gasteiger partial charge in [0.25, 0.3) is 0 Å². The summed E-state index contributed by atoms with van der Waals surface area (Å²) in [4.78, 5) is 5.58. The number of anilines is 1. The Morgan fingerprint density at radius 1 is 1.37 bits per heavy atom. The van der Waals surface area contributed by atoms with Crippen molar-refractivity contribution in [1.82, 2.24) is 9.38 Å². The van der Waals surface area contributed by atoms with Gasteiger partial charge in [0.05, 0.1) is 17.9 Å². The minimum atomic E-state index is 0.741. The van der Waals surface area contributed by atoms with Crippen LogP contribution in [0.1, 0.15) is 17.0 Å². The van der Waals surface area contributed by atoms with Crippen LogP contribution in [0.4, 0.5) is 5.69 Å². The number of aryl methyl sites for hydroxylation is 2. The number of aromatic nitrogens is 2. The normalized spacial score (nSPS) is 11.1. The average Bonchev–Trinajstić information content (AvgIpc) is 2.92. The smallest absolute Gasteiger partial charge is 0.194 e. The van der Waals surface area contributed by atoms with Gasteiger partial charge in [0, 0.05) is 22.3 Å². The number of hydrogen-bond donors (Lipinski definition) is 1. The van der Waals surface area contributed by atoms with Crippen LogP contribution in [0.15, 0.2) is 29.8 Å². The van der Waals surface area contributed by atoms with Crippen LogP contribution in [0, 0.1) is 13.8 Å². The largest absolute Gasteiger partial charge is 0.379 e. The van der Waals surface area contributed by atoms with Gasteiger partial charge < -0.3 is 5.32 Å². The first-order chi connectivity index (χ1) is 9.15. The molecule has 0 bridgehead atoms. The topological polar surface area (TPSA) is 29.3 Å². The van der Waals surface area contributed by atoms with Gasteiger partial charge in [-0.2, -0.15) is 0 Å². The highest BCUT2D eigenvalue weighted by atomic mass is 35.5. The van der Waals surface area contributed by atoms with Gasteiger partial charge in [-0.25, -0.2) is 4.98 Å². The Morgan fingerprint density at radius 3 is 3.05 bits per heavy atom. The number of nitrogens with zero attached hydrogens (tertiary/aromatic N) is 2. The monoisotopic (exact) mass is 291 g/mol. The summed E-state index contributed by atoms with van der Waals surface area (Å²) in [6, 6.07) is 5.88. The van der Waals surface area contributed by atoms with E-state index in [9.17, 15) is 0 Å². The molecule has 0 atom stereocenters. The number of nitrogens with one attached hydrogen (secondary N) is 1. The fourth-order valence-corrected chi connectivity index (χ4v) is 3.07. The molecule has 3 nitrogen and oxygen atoms in total. The lowest BCUT2D eigenvalue weighted by Crippen LogP contribution is -2.04. The molecule has 0 amide bonds. The number of halogens is 1. The van der Waals surface area contributed by atoms with E-state index in [2.05, 4.69) is 33.2 Å². The van der Waals surface area contributed by atoms with E-state index >= 15 is 0 Å². The van der Waals surface area contributed by atoms with Gasteiger partial charge in [-0.1, -0.05) is 17.7 Å². The standard InChI is InChI=1S/C14H14ClN3S/c1-9-3-4-11(15)7-12(9)16-8-13-10(2)17-14-18(13)5-6-19-14/h3-7,16H,8H2,1-2H3. The Morgan fingerprint density at radius 2 is 2.21 bits per heavy atom. The number of benzene rings is 1. The van der Waals surface area contributed by atoms with Crippen LogP contribution < -0.4 is 5.32 Å². The van der Waals surface area contributed by atoms with E-state index in [0.717, 1.165) is 27.9 Å². The summed E-state index contributed by atoms with van der Waals surface area (Å²) in [6.07, 6.45) is 2.06. The molecule has 0 unspecified atom stereocenters. The van der Waals surface area contributed by atoms with Gasteiger partial charge in [-0.15, -0.1) is 11.3 Å². The molecule has 0 spiro atoms. The van der Waals surface area contributed by atoms with E-state index in [1.807, 2.05) is 25.1 Å². The molecule has 0 aliphatic heterocycles. The van der Waals surface area contributed by atoms with Gasteiger partial charge in [-0.05, 0) is 31.5 Å². The molecule has 0 aliphatic rings. The second-order valence-electron chi connectivity index (χ2n) is 4.51. The highest BCUT2D eigenvalue weighted by Gasteiger charge is 2.09. The minimum absolute atomic E-state index is 0.741. The summed E-state index contributed by atoms with van der Waals surface area (Å²) < 4.78 is 2.13. The Bertz CT molecular complexity index is 729. The van der Waals surface area contributed by atoms with E-state index in [1.165, 1.54) is 11.3 Å². The Hall–Kier alpha value is -1.52. The van der Waals surface area contributed by atoms with Gasteiger partial charge in [0.2, 0.25) is 0 Å². The predicted octanol–water partition coefficient (Wildman–Crippen LogP) is 4.28. The predicted molar refractivity (Wildman–Crippen MR) is 81.3 cm³/mol. The van der Waals surface area contributed by atoms with E-state index in [4.69, 9.17) is 11.6 Å². The summed E-state index contributed by atoms with van der Waals surface area (Å²) in [5.74, 6) is 0. The molecule has 5 heteroatoms. The molecule has 98 valence electrons. The summed E-state index contributed by atoms with van der Waals surface area (Å²) in [6.45, 7) is 4.86. The van der Waals surface area contributed by atoms with Crippen LogP contribution in [-0.4, -0.2) is 9.38 Å². The van der Waals surface area contributed by atoms with Gasteiger partial charge >= 0.3 is 0 Å². The van der Waals surface area contributed by atoms with E-state index in [1.54, 1.807) is 11.3 Å². The van der Waals surface area contributed by atoms with Crippen molar-refractivity contribution in [2.75, 3.05) is 5.32 Å². The molecule has 2 heterocycles. The number of imidazole rings is 1. The zero-order valence-electron chi connectivity index (χ0n) is 10.8. The van der Waals surface area contributed by atoms with Crippen LogP contribution in [0.5, 0.6) is 0 Å². The van der Waals surface area contributed by atoms with Gasteiger partial charge in [0.15, 0.2) is 4.96 Å². The van der Waals surface area contributed by atoms with E-state index in [-0.39, 0.29) is 0 Å². The molecule has 3 rings (SSSR count). The number of thiazole rings is 1. The van der Waals surface area contributed by atoms with E-state index in [0.29, 0.717) is 0 Å². The molecule has 1 N–H and O–H groups in total. The molecule has 19 heavy (non-hydrogen) atoms. The lowest BCUT2D eigenvalue weighted by molar-refractivity contribution is 0.992. The maximum atomic E-state index is 6.03. The summed E-state index contributed by atoms with van der Waals surface area (Å²) in [5, 5.41) is 6.24. The van der Waals surface area contributed by atoms with Gasteiger partial charge in [-0.3, -0.25) is 4.40 Å². The number of hydrogen-bond acceptors (Lipinski definition) is 3. The van der Waals surface area contributed by atoms with Crippen LogP contribution >= 0.6 is 22.9 Å². The Balaban J connectivity index is 1.87. The Labute approximate surface area is 120 Å². The molecular formula is C14H14ClN3S. The molecular weight excluding hydrogens is 278 g/mol. The zero-order chi connectivity index (χ0) is 13.4. The van der Waals surface area contributed by atoms with Crippen LogP contribution in [0.3, 0.4) is 0 Å². The van der Waals surface area contributed by atoms with E-state index < -0.39 is 0 Å². The first kappa shape index (κ1) is 12.5. The minimum Gasteiger partial charge on any atom is -0.379 e. The third-order valence-electron chi connectivity index (χ3n) is 3.21. The molecule has 0 aliphatic carbocycles. The SMILES string of the molecule is Cc1ccc(Cl)cc1NCc1c(C)nc2sccn12. The van der Waals surface area contributed by atoms with Gasteiger partial charge in [0.1, 0.15) is 0 Å². The van der Waals surface area contributed by atoms with Crippen molar-refractivity contribution in [1.29, 1.82) is 0 Å². The fourth-order valence-electron chi connectivity index (χ4n) is 2.12. The fraction of sp³-hybridized carbons (Fsp3) is 0.214. The van der Waals surface area contributed by atoms with Crippen molar-refractivity contribution in [3.05, 3.63) is 51.7 Å².